The SMILES string of the molecule is COc1cc(O)c(F)c(C2CNCCO2)c1. The van der Waals surface area contributed by atoms with Gasteiger partial charge in [0, 0.05) is 24.7 Å². The fourth-order valence-electron chi connectivity index (χ4n) is 1.72. The molecule has 2 rings (SSSR count). The molecular formula is C11H14FNO3. The van der Waals surface area contributed by atoms with E-state index in [2.05, 4.69) is 5.32 Å². The highest BCUT2D eigenvalue weighted by Gasteiger charge is 2.22. The van der Waals surface area contributed by atoms with Crippen molar-refractivity contribution in [3.63, 3.8) is 0 Å². The van der Waals surface area contributed by atoms with E-state index in [0.29, 0.717) is 24.5 Å². The molecule has 1 saturated heterocycles. The van der Waals surface area contributed by atoms with Gasteiger partial charge < -0.3 is 19.9 Å². The Hall–Kier alpha value is -1.33. The van der Waals surface area contributed by atoms with Gasteiger partial charge in [0.1, 0.15) is 5.75 Å². The Bertz CT molecular complexity index is 378. The summed E-state index contributed by atoms with van der Waals surface area (Å²) in [5.41, 5.74) is 0.323. The summed E-state index contributed by atoms with van der Waals surface area (Å²) in [5, 5.41) is 12.5. The van der Waals surface area contributed by atoms with E-state index >= 15 is 0 Å². The smallest absolute Gasteiger partial charge is 0.170 e. The normalized spacial score (nSPS) is 20.8. The second-order valence-corrected chi connectivity index (χ2v) is 3.61. The van der Waals surface area contributed by atoms with Gasteiger partial charge in [-0.3, -0.25) is 0 Å². The molecule has 1 atom stereocenters. The molecule has 0 saturated carbocycles. The van der Waals surface area contributed by atoms with Gasteiger partial charge in [-0.05, 0) is 6.07 Å². The van der Waals surface area contributed by atoms with Crippen LogP contribution in [0.1, 0.15) is 11.7 Å². The van der Waals surface area contributed by atoms with Gasteiger partial charge in [0.2, 0.25) is 0 Å². The lowest BCUT2D eigenvalue weighted by molar-refractivity contribution is 0.0251. The molecule has 1 aliphatic rings. The van der Waals surface area contributed by atoms with Crippen molar-refractivity contribution in [1.82, 2.24) is 5.32 Å². The number of nitrogens with one attached hydrogen (secondary N) is 1. The van der Waals surface area contributed by atoms with Crippen LogP contribution in [0.3, 0.4) is 0 Å². The molecule has 0 bridgehead atoms. The van der Waals surface area contributed by atoms with Gasteiger partial charge in [0.25, 0.3) is 0 Å². The number of phenols is 1. The first-order valence-corrected chi connectivity index (χ1v) is 5.11. The fourth-order valence-corrected chi connectivity index (χ4v) is 1.72. The number of hydrogen-bond donors (Lipinski definition) is 2. The van der Waals surface area contributed by atoms with Crippen LogP contribution >= 0.6 is 0 Å². The van der Waals surface area contributed by atoms with E-state index < -0.39 is 11.6 Å². The van der Waals surface area contributed by atoms with Crippen molar-refractivity contribution in [3.05, 3.63) is 23.5 Å². The molecule has 0 spiro atoms. The molecule has 4 nitrogen and oxygen atoms in total. The zero-order chi connectivity index (χ0) is 11.5. The number of benzene rings is 1. The summed E-state index contributed by atoms with van der Waals surface area (Å²) in [4.78, 5) is 0. The number of hydrogen-bond acceptors (Lipinski definition) is 4. The number of ether oxygens (including phenoxy) is 2. The van der Waals surface area contributed by atoms with Crippen LogP contribution in [0.4, 0.5) is 4.39 Å². The maximum Gasteiger partial charge on any atom is 0.170 e. The Kier molecular flexibility index (Phi) is 3.26. The third-order valence-corrected chi connectivity index (χ3v) is 2.57. The van der Waals surface area contributed by atoms with E-state index in [1.165, 1.54) is 13.2 Å². The van der Waals surface area contributed by atoms with Crippen molar-refractivity contribution in [2.75, 3.05) is 26.8 Å². The summed E-state index contributed by atoms with van der Waals surface area (Å²) in [5.74, 6) is -0.638. The lowest BCUT2D eigenvalue weighted by atomic mass is 10.1. The Morgan fingerprint density at radius 3 is 3.00 bits per heavy atom. The molecule has 1 heterocycles. The third kappa shape index (κ3) is 2.10. The molecule has 16 heavy (non-hydrogen) atoms. The highest BCUT2D eigenvalue weighted by Crippen LogP contribution is 2.31. The summed E-state index contributed by atoms with van der Waals surface area (Å²) in [6.45, 7) is 1.82. The number of halogens is 1. The molecule has 1 unspecified atom stereocenters. The van der Waals surface area contributed by atoms with Crippen molar-refractivity contribution < 1.29 is 19.0 Å². The van der Waals surface area contributed by atoms with Gasteiger partial charge in [-0.2, -0.15) is 0 Å². The van der Waals surface area contributed by atoms with Gasteiger partial charge in [-0.15, -0.1) is 0 Å². The minimum atomic E-state index is -0.644. The lowest BCUT2D eigenvalue weighted by Crippen LogP contribution is -2.33. The van der Waals surface area contributed by atoms with Crippen LogP contribution in [0.25, 0.3) is 0 Å². The van der Waals surface area contributed by atoms with Gasteiger partial charge in [0.05, 0.1) is 19.8 Å². The molecule has 2 N–H and O–H groups in total. The Balaban J connectivity index is 2.33. The van der Waals surface area contributed by atoms with Gasteiger partial charge in [-0.1, -0.05) is 0 Å². The van der Waals surface area contributed by atoms with E-state index in [0.717, 1.165) is 6.54 Å². The number of aromatic hydroxyl groups is 1. The van der Waals surface area contributed by atoms with E-state index in [1.807, 2.05) is 0 Å². The first-order chi connectivity index (χ1) is 7.72. The third-order valence-electron chi connectivity index (χ3n) is 2.57. The van der Waals surface area contributed by atoms with Crippen LogP contribution in [-0.4, -0.2) is 31.9 Å². The Labute approximate surface area is 93.0 Å². The second-order valence-electron chi connectivity index (χ2n) is 3.61. The number of morpholine rings is 1. The van der Waals surface area contributed by atoms with Crippen molar-refractivity contribution >= 4 is 0 Å². The molecule has 0 radical (unpaired) electrons. The largest absolute Gasteiger partial charge is 0.505 e. The average Bonchev–Trinajstić information content (AvgIpc) is 2.33. The predicted octanol–water partition coefficient (Wildman–Crippen LogP) is 1.20. The minimum absolute atomic E-state index is 0.323. The Morgan fingerprint density at radius 1 is 1.56 bits per heavy atom. The zero-order valence-corrected chi connectivity index (χ0v) is 9.00. The predicted molar refractivity (Wildman–Crippen MR) is 56.2 cm³/mol. The molecule has 0 aliphatic carbocycles. The summed E-state index contributed by atoms with van der Waals surface area (Å²) < 4.78 is 24.1. The molecule has 1 aliphatic heterocycles. The molecule has 1 fully saturated rings. The molecule has 0 aromatic heterocycles. The van der Waals surface area contributed by atoms with E-state index in [4.69, 9.17) is 9.47 Å². The van der Waals surface area contributed by atoms with E-state index in [9.17, 15) is 9.50 Å². The van der Waals surface area contributed by atoms with Crippen LogP contribution < -0.4 is 10.1 Å². The molecule has 1 aromatic carbocycles. The van der Waals surface area contributed by atoms with Gasteiger partial charge in [-0.25, -0.2) is 4.39 Å². The van der Waals surface area contributed by atoms with Crippen LogP contribution in [-0.2, 0) is 4.74 Å². The highest BCUT2D eigenvalue weighted by atomic mass is 19.1. The van der Waals surface area contributed by atoms with Crippen molar-refractivity contribution in [1.29, 1.82) is 0 Å². The summed E-state index contributed by atoms with van der Waals surface area (Å²) in [6.07, 6.45) is -0.380. The van der Waals surface area contributed by atoms with Crippen molar-refractivity contribution in [2.45, 2.75) is 6.10 Å². The van der Waals surface area contributed by atoms with Crippen LogP contribution in [0, 0.1) is 5.82 Å². The summed E-state index contributed by atoms with van der Waals surface area (Å²) >= 11 is 0. The monoisotopic (exact) mass is 227 g/mol. The summed E-state index contributed by atoms with van der Waals surface area (Å²) in [6, 6.07) is 2.79. The van der Waals surface area contributed by atoms with Gasteiger partial charge in [0.15, 0.2) is 11.6 Å². The second kappa shape index (κ2) is 4.67. The van der Waals surface area contributed by atoms with Crippen molar-refractivity contribution in [2.24, 2.45) is 0 Å². The average molecular weight is 227 g/mol. The summed E-state index contributed by atoms with van der Waals surface area (Å²) in [7, 11) is 1.47. The van der Waals surface area contributed by atoms with Crippen LogP contribution in [0.15, 0.2) is 12.1 Å². The van der Waals surface area contributed by atoms with E-state index in [-0.39, 0.29) is 6.10 Å². The number of phenolic OH excluding ortho intramolecular Hbond substituents is 1. The molecule has 1 aromatic rings. The highest BCUT2D eigenvalue weighted by molar-refractivity contribution is 5.40. The van der Waals surface area contributed by atoms with Crippen LogP contribution in [0.5, 0.6) is 11.5 Å². The minimum Gasteiger partial charge on any atom is -0.505 e. The van der Waals surface area contributed by atoms with Gasteiger partial charge >= 0.3 is 0 Å². The molecule has 0 amide bonds. The maximum absolute atomic E-state index is 13.7. The fraction of sp³-hybridized carbons (Fsp3) is 0.455. The lowest BCUT2D eigenvalue weighted by Gasteiger charge is -2.24. The van der Waals surface area contributed by atoms with Crippen LogP contribution in [0.2, 0.25) is 0 Å². The molecular weight excluding hydrogens is 213 g/mol. The number of rotatable bonds is 2. The number of methoxy groups -OCH3 is 1. The zero-order valence-electron chi connectivity index (χ0n) is 9.00. The molecule has 88 valence electrons. The standard InChI is InChI=1S/C11H14FNO3/c1-15-7-4-8(11(12)9(14)5-7)10-6-13-2-3-16-10/h4-5,10,13-14H,2-3,6H2,1H3. The topological polar surface area (TPSA) is 50.7 Å². The first-order valence-electron chi connectivity index (χ1n) is 5.11. The molecule has 5 heteroatoms. The maximum atomic E-state index is 13.7. The first kappa shape index (κ1) is 11.2. The van der Waals surface area contributed by atoms with Crippen molar-refractivity contribution in [3.8, 4) is 11.5 Å². The quantitative estimate of drug-likeness (QED) is 0.797. The Morgan fingerprint density at radius 2 is 2.38 bits per heavy atom. The van der Waals surface area contributed by atoms with E-state index in [1.54, 1.807) is 6.07 Å².